The number of piperazine rings is 1. The topological polar surface area (TPSA) is 65.6 Å². The minimum Gasteiger partial charge on any atom is -0.493 e. The van der Waals surface area contributed by atoms with Crippen molar-refractivity contribution < 1.29 is 14.3 Å². The number of carbonyl (C=O) groups excluding carboxylic acids is 2. The molecule has 7 rings (SSSR count). The number of para-hydroxylation sites is 1. The number of benzene rings is 2. The van der Waals surface area contributed by atoms with Crippen LogP contribution < -0.4 is 4.74 Å². The van der Waals surface area contributed by atoms with Crippen molar-refractivity contribution in [2.45, 2.75) is 37.8 Å². The first-order valence-corrected chi connectivity index (χ1v) is 11.6. The van der Waals surface area contributed by atoms with E-state index in [1.807, 2.05) is 28.0 Å². The molecule has 6 nitrogen and oxygen atoms in total. The summed E-state index contributed by atoms with van der Waals surface area (Å²) in [6.45, 7) is 1.60. The summed E-state index contributed by atoms with van der Waals surface area (Å²) in [6.07, 6.45) is 3.77. The number of aromatic amines is 1. The fourth-order valence-corrected chi connectivity index (χ4v) is 5.81. The number of aromatic nitrogens is 1. The first-order chi connectivity index (χ1) is 15.7. The second-order valence-electron chi connectivity index (χ2n) is 9.61. The molecular weight excluding hydrogens is 402 g/mol. The van der Waals surface area contributed by atoms with Crippen molar-refractivity contribution in [3.05, 3.63) is 64.8 Å². The molecule has 1 N–H and O–H groups in total. The molecule has 2 aromatic carbocycles. The van der Waals surface area contributed by atoms with Crippen LogP contribution in [-0.2, 0) is 22.4 Å². The third kappa shape index (κ3) is 2.65. The Labute approximate surface area is 186 Å². The Balaban J connectivity index is 1.39. The average Bonchev–Trinajstić information content (AvgIpc) is 3.36. The van der Waals surface area contributed by atoms with E-state index in [1.165, 1.54) is 18.4 Å². The highest BCUT2D eigenvalue weighted by atomic mass is 16.5. The molecule has 1 aliphatic carbocycles. The van der Waals surface area contributed by atoms with Crippen molar-refractivity contribution in [1.29, 1.82) is 0 Å². The quantitative estimate of drug-likeness (QED) is 0.698. The third-order valence-corrected chi connectivity index (χ3v) is 7.55. The zero-order chi connectivity index (χ0) is 21.4. The second-order valence-corrected chi connectivity index (χ2v) is 9.61. The van der Waals surface area contributed by atoms with Gasteiger partial charge in [0.05, 0.1) is 19.2 Å². The summed E-state index contributed by atoms with van der Waals surface area (Å²) in [4.78, 5) is 34.4. The number of carbonyl (C=O) groups is 2. The van der Waals surface area contributed by atoms with Crippen molar-refractivity contribution in [2.24, 2.45) is 5.92 Å². The molecule has 1 saturated heterocycles. The fraction of sp³-hybridized carbons (Fsp3) is 0.385. The van der Waals surface area contributed by atoms with E-state index in [0.29, 0.717) is 18.9 Å². The number of H-pyrrole nitrogens is 1. The number of rotatable bonds is 3. The molecule has 162 valence electrons. The van der Waals surface area contributed by atoms with E-state index in [9.17, 15) is 9.59 Å². The van der Waals surface area contributed by atoms with E-state index in [1.54, 1.807) is 0 Å². The van der Waals surface area contributed by atoms with E-state index in [0.717, 1.165) is 46.4 Å². The normalized spacial score (nSPS) is 24.4. The van der Waals surface area contributed by atoms with Gasteiger partial charge in [0.1, 0.15) is 11.8 Å². The van der Waals surface area contributed by atoms with Crippen molar-refractivity contribution in [1.82, 2.24) is 14.8 Å². The van der Waals surface area contributed by atoms with Crippen molar-refractivity contribution >= 4 is 22.7 Å². The highest BCUT2D eigenvalue weighted by Gasteiger charge is 2.49. The molecule has 0 spiro atoms. The first kappa shape index (κ1) is 18.3. The average molecular weight is 428 g/mol. The lowest BCUT2D eigenvalue weighted by molar-refractivity contribution is -0.158. The van der Waals surface area contributed by atoms with E-state index < -0.39 is 6.04 Å². The maximum Gasteiger partial charge on any atom is 0.246 e. The standard InChI is InChI=1S/C26H25N3O3/c30-23-14-28(13-15-5-6-15)26(31)21-12-19-18-3-1-2-4-20(18)27-24(19)25(29(21)23)17-7-8-22-16(11-17)9-10-32-22/h1-4,7-8,11,15,21,25,27H,5-6,9-10,12-14H2. The van der Waals surface area contributed by atoms with Crippen LogP contribution in [-0.4, -0.2) is 52.3 Å². The van der Waals surface area contributed by atoms with Crippen molar-refractivity contribution in [2.75, 3.05) is 19.7 Å². The van der Waals surface area contributed by atoms with Gasteiger partial charge in [0.15, 0.2) is 0 Å². The SMILES string of the molecule is O=C1C2Cc3c([nH]c4ccccc34)C(c3ccc4c(c3)CCO4)N2C(=O)CN1CC1CC1. The van der Waals surface area contributed by atoms with E-state index in [4.69, 9.17) is 4.74 Å². The van der Waals surface area contributed by atoms with Crippen LogP contribution in [0.2, 0.25) is 0 Å². The molecule has 1 saturated carbocycles. The van der Waals surface area contributed by atoms with Gasteiger partial charge >= 0.3 is 0 Å². The maximum atomic E-state index is 13.6. The predicted molar refractivity (Wildman–Crippen MR) is 119 cm³/mol. The van der Waals surface area contributed by atoms with Gasteiger partial charge in [-0.2, -0.15) is 0 Å². The monoisotopic (exact) mass is 427 g/mol. The molecule has 1 aromatic heterocycles. The van der Waals surface area contributed by atoms with Gasteiger partial charge in [-0.3, -0.25) is 9.59 Å². The van der Waals surface area contributed by atoms with Gasteiger partial charge in [-0.05, 0) is 53.6 Å². The summed E-state index contributed by atoms with van der Waals surface area (Å²) in [7, 11) is 0. The van der Waals surface area contributed by atoms with Crippen LogP contribution in [0.3, 0.4) is 0 Å². The Morgan fingerprint density at radius 1 is 1.09 bits per heavy atom. The lowest BCUT2D eigenvalue weighted by Crippen LogP contribution is -2.63. The molecule has 0 bridgehead atoms. The highest BCUT2D eigenvalue weighted by Crippen LogP contribution is 2.44. The number of nitrogens with one attached hydrogen (secondary N) is 1. The fourth-order valence-electron chi connectivity index (χ4n) is 5.81. The zero-order valence-corrected chi connectivity index (χ0v) is 17.8. The van der Waals surface area contributed by atoms with Crippen molar-refractivity contribution in [3.63, 3.8) is 0 Å². The molecule has 2 fully saturated rings. The van der Waals surface area contributed by atoms with Gasteiger partial charge < -0.3 is 19.5 Å². The molecule has 32 heavy (non-hydrogen) atoms. The number of ether oxygens (including phenoxy) is 1. The smallest absolute Gasteiger partial charge is 0.246 e. The highest BCUT2D eigenvalue weighted by molar-refractivity contribution is 5.97. The van der Waals surface area contributed by atoms with Gasteiger partial charge in [-0.1, -0.05) is 24.3 Å². The summed E-state index contributed by atoms with van der Waals surface area (Å²) in [6, 6.07) is 13.7. The molecule has 2 atom stereocenters. The molecular formula is C26H25N3O3. The number of nitrogens with zero attached hydrogens (tertiary/aromatic N) is 2. The molecule has 3 aromatic rings. The Morgan fingerprint density at radius 3 is 2.84 bits per heavy atom. The van der Waals surface area contributed by atoms with E-state index in [-0.39, 0.29) is 24.4 Å². The zero-order valence-electron chi connectivity index (χ0n) is 17.8. The molecule has 0 radical (unpaired) electrons. The number of hydrogen-bond acceptors (Lipinski definition) is 3. The maximum absolute atomic E-state index is 13.6. The summed E-state index contributed by atoms with van der Waals surface area (Å²) < 4.78 is 5.71. The molecule has 6 heteroatoms. The number of fused-ring (bicyclic) bond motifs is 5. The van der Waals surface area contributed by atoms with Gasteiger partial charge in [0.2, 0.25) is 11.8 Å². The number of amides is 2. The minimum atomic E-state index is -0.448. The summed E-state index contributed by atoms with van der Waals surface area (Å²) in [5, 5.41) is 1.15. The van der Waals surface area contributed by atoms with Crippen LogP contribution in [0.15, 0.2) is 42.5 Å². The van der Waals surface area contributed by atoms with Gasteiger partial charge in [0.25, 0.3) is 0 Å². The molecule has 2 unspecified atom stereocenters. The van der Waals surface area contributed by atoms with E-state index >= 15 is 0 Å². The van der Waals surface area contributed by atoms with Crippen LogP contribution >= 0.6 is 0 Å². The van der Waals surface area contributed by atoms with Crippen LogP contribution in [0.5, 0.6) is 5.75 Å². The van der Waals surface area contributed by atoms with Gasteiger partial charge in [-0.25, -0.2) is 0 Å². The molecule has 2 amide bonds. The Hall–Kier alpha value is -3.28. The first-order valence-electron chi connectivity index (χ1n) is 11.6. The third-order valence-electron chi connectivity index (χ3n) is 7.55. The van der Waals surface area contributed by atoms with Gasteiger partial charge in [-0.15, -0.1) is 0 Å². The molecule has 3 aliphatic heterocycles. The van der Waals surface area contributed by atoms with Gasteiger partial charge in [0, 0.05) is 36.0 Å². The predicted octanol–water partition coefficient (Wildman–Crippen LogP) is 3.20. The van der Waals surface area contributed by atoms with Crippen LogP contribution in [0.25, 0.3) is 10.9 Å². The van der Waals surface area contributed by atoms with Crippen LogP contribution in [0, 0.1) is 5.92 Å². The number of hydrogen-bond donors (Lipinski definition) is 1. The minimum absolute atomic E-state index is 0.0429. The van der Waals surface area contributed by atoms with Crippen LogP contribution in [0.4, 0.5) is 0 Å². The van der Waals surface area contributed by atoms with Crippen LogP contribution in [0.1, 0.15) is 41.3 Å². The summed E-state index contributed by atoms with van der Waals surface area (Å²) in [5.74, 6) is 1.64. The molecule has 4 aliphatic rings. The Kier molecular flexibility index (Phi) is 3.78. The molecule has 4 heterocycles. The summed E-state index contributed by atoms with van der Waals surface area (Å²) >= 11 is 0. The summed E-state index contributed by atoms with van der Waals surface area (Å²) in [5.41, 5.74) is 5.48. The van der Waals surface area contributed by atoms with E-state index in [2.05, 4.69) is 29.2 Å². The largest absolute Gasteiger partial charge is 0.493 e. The Morgan fingerprint density at radius 2 is 1.97 bits per heavy atom. The second kappa shape index (κ2) is 6.61. The van der Waals surface area contributed by atoms with Crippen molar-refractivity contribution in [3.8, 4) is 5.75 Å². The lowest BCUT2D eigenvalue weighted by Gasteiger charge is -2.47. The lowest BCUT2D eigenvalue weighted by atomic mass is 9.85. The Bertz CT molecular complexity index is 1270.